The van der Waals surface area contributed by atoms with Crippen LogP contribution in [0, 0.1) is 18.8 Å². The summed E-state index contributed by atoms with van der Waals surface area (Å²) in [7, 11) is 0. The predicted molar refractivity (Wildman–Crippen MR) is 78.5 cm³/mol. The molecular weight excluding hydrogens is 254 g/mol. The number of urea groups is 1. The van der Waals surface area contributed by atoms with Crippen LogP contribution in [0.5, 0.6) is 5.75 Å². The van der Waals surface area contributed by atoms with E-state index in [-0.39, 0.29) is 24.7 Å². The van der Waals surface area contributed by atoms with E-state index in [0.717, 1.165) is 5.69 Å². The van der Waals surface area contributed by atoms with E-state index >= 15 is 0 Å². The highest BCUT2D eigenvalue weighted by Crippen LogP contribution is 2.07. The number of nitrogens with zero attached hydrogens (tertiary/aromatic N) is 1. The molecule has 108 valence electrons. The monoisotopic (exact) mass is 275 g/mol. The van der Waals surface area contributed by atoms with Gasteiger partial charge in [0.2, 0.25) is 0 Å². The van der Waals surface area contributed by atoms with Crippen LogP contribution in [-0.2, 0) is 0 Å². The topological polar surface area (TPSA) is 63.2 Å². The SMILES string of the molecule is Cc1ccc(OCC#CCNC(=O)NC(C)(C)C)cn1. The van der Waals surface area contributed by atoms with Gasteiger partial charge in [-0.2, -0.15) is 0 Å². The van der Waals surface area contributed by atoms with Gasteiger partial charge in [0.05, 0.1) is 12.7 Å². The van der Waals surface area contributed by atoms with E-state index in [1.54, 1.807) is 6.20 Å². The maximum Gasteiger partial charge on any atom is 0.315 e. The molecule has 0 fully saturated rings. The van der Waals surface area contributed by atoms with Gasteiger partial charge in [0.1, 0.15) is 12.4 Å². The molecule has 1 aromatic rings. The number of nitrogens with one attached hydrogen (secondary N) is 2. The van der Waals surface area contributed by atoms with Gasteiger partial charge in [-0.15, -0.1) is 0 Å². The lowest BCUT2D eigenvalue weighted by Gasteiger charge is -2.20. The molecule has 2 amide bonds. The number of ether oxygens (including phenoxy) is 1. The summed E-state index contributed by atoms with van der Waals surface area (Å²) in [6.07, 6.45) is 1.66. The number of hydrogen-bond acceptors (Lipinski definition) is 3. The van der Waals surface area contributed by atoms with Gasteiger partial charge in [0, 0.05) is 11.2 Å². The van der Waals surface area contributed by atoms with E-state index in [1.807, 2.05) is 39.8 Å². The Bertz CT molecular complexity index is 493. The molecule has 0 aliphatic carbocycles. The van der Waals surface area contributed by atoms with E-state index in [2.05, 4.69) is 27.5 Å². The molecule has 1 heterocycles. The first kappa shape index (κ1) is 15.8. The molecule has 0 atom stereocenters. The van der Waals surface area contributed by atoms with Crippen LogP contribution in [0.15, 0.2) is 18.3 Å². The molecular formula is C15H21N3O2. The third-order valence-corrected chi connectivity index (χ3v) is 2.15. The van der Waals surface area contributed by atoms with Crippen molar-refractivity contribution in [2.75, 3.05) is 13.2 Å². The molecule has 2 N–H and O–H groups in total. The van der Waals surface area contributed by atoms with Crippen LogP contribution < -0.4 is 15.4 Å². The minimum atomic E-state index is -0.251. The first-order valence-corrected chi connectivity index (χ1v) is 6.44. The maximum absolute atomic E-state index is 11.4. The van der Waals surface area contributed by atoms with Gasteiger partial charge < -0.3 is 15.4 Å². The Morgan fingerprint density at radius 1 is 1.35 bits per heavy atom. The molecule has 0 radical (unpaired) electrons. The summed E-state index contributed by atoms with van der Waals surface area (Å²) in [6, 6.07) is 3.50. The van der Waals surface area contributed by atoms with Crippen molar-refractivity contribution in [2.45, 2.75) is 33.2 Å². The lowest BCUT2D eigenvalue weighted by Crippen LogP contribution is -2.46. The van der Waals surface area contributed by atoms with Gasteiger partial charge in [-0.3, -0.25) is 4.98 Å². The quantitative estimate of drug-likeness (QED) is 0.828. The highest BCUT2D eigenvalue weighted by atomic mass is 16.5. The van der Waals surface area contributed by atoms with Crippen molar-refractivity contribution in [3.05, 3.63) is 24.0 Å². The molecule has 0 aliphatic rings. The fourth-order valence-corrected chi connectivity index (χ4v) is 1.28. The van der Waals surface area contributed by atoms with Crippen LogP contribution >= 0.6 is 0 Å². The lowest BCUT2D eigenvalue weighted by atomic mass is 10.1. The molecule has 0 aliphatic heterocycles. The molecule has 0 saturated heterocycles. The average Bonchev–Trinajstić information content (AvgIpc) is 2.33. The van der Waals surface area contributed by atoms with Gasteiger partial charge in [-0.25, -0.2) is 4.79 Å². The highest BCUT2D eigenvalue weighted by molar-refractivity contribution is 5.74. The van der Waals surface area contributed by atoms with E-state index in [9.17, 15) is 4.79 Å². The van der Waals surface area contributed by atoms with Crippen molar-refractivity contribution in [2.24, 2.45) is 0 Å². The first-order valence-electron chi connectivity index (χ1n) is 6.44. The molecule has 5 heteroatoms. The fourth-order valence-electron chi connectivity index (χ4n) is 1.28. The van der Waals surface area contributed by atoms with Crippen LogP contribution in [0.3, 0.4) is 0 Å². The Balaban J connectivity index is 2.20. The van der Waals surface area contributed by atoms with E-state index in [1.165, 1.54) is 0 Å². The Labute approximate surface area is 120 Å². The van der Waals surface area contributed by atoms with Crippen molar-refractivity contribution in [1.29, 1.82) is 0 Å². The van der Waals surface area contributed by atoms with Crippen molar-refractivity contribution < 1.29 is 9.53 Å². The standard InChI is InChI=1S/C15H21N3O2/c1-12-7-8-13(11-17-12)20-10-6-5-9-16-14(19)18-15(2,3)4/h7-8,11H,9-10H2,1-4H3,(H2,16,18,19). The van der Waals surface area contributed by atoms with E-state index < -0.39 is 0 Å². The summed E-state index contributed by atoms with van der Waals surface area (Å²) in [4.78, 5) is 15.5. The number of rotatable bonds is 3. The van der Waals surface area contributed by atoms with Gasteiger partial charge in [-0.05, 0) is 39.8 Å². The molecule has 1 aromatic heterocycles. The smallest absolute Gasteiger partial charge is 0.315 e. The number of pyridine rings is 1. The minimum absolute atomic E-state index is 0.226. The van der Waals surface area contributed by atoms with Crippen molar-refractivity contribution >= 4 is 6.03 Å². The zero-order chi connectivity index (χ0) is 15.0. The zero-order valence-electron chi connectivity index (χ0n) is 12.4. The highest BCUT2D eigenvalue weighted by Gasteiger charge is 2.12. The number of carbonyl (C=O) groups is 1. The molecule has 0 spiro atoms. The molecule has 0 bridgehead atoms. The number of aryl methyl sites for hydroxylation is 1. The van der Waals surface area contributed by atoms with Crippen LogP contribution in [0.1, 0.15) is 26.5 Å². The predicted octanol–water partition coefficient (Wildman–Crippen LogP) is 1.87. The Morgan fingerprint density at radius 3 is 2.70 bits per heavy atom. The molecule has 5 nitrogen and oxygen atoms in total. The average molecular weight is 275 g/mol. The fraction of sp³-hybridized carbons (Fsp3) is 0.467. The maximum atomic E-state index is 11.4. The third-order valence-electron chi connectivity index (χ3n) is 2.15. The number of hydrogen-bond donors (Lipinski definition) is 2. The first-order chi connectivity index (χ1) is 9.37. The lowest BCUT2D eigenvalue weighted by molar-refractivity contribution is 0.233. The van der Waals surface area contributed by atoms with Crippen LogP contribution in [-0.4, -0.2) is 29.7 Å². The van der Waals surface area contributed by atoms with E-state index in [4.69, 9.17) is 4.74 Å². The summed E-state index contributed by atoms with van der Waals surface area (Å²) < 4.78 is 5.38. The van der Waals surface area contributed by atoms with Gasteiger partial charge in [0.25, 0.3) is 0 Å². The summed E-state index contributed by atoms with van der Waals surface area (Å²) in [5.74, 6) is 6.32. The van der Waals surface area contributed by atoms with Crippen molar-refractivity contribution in [1.82, 2.24) is 15.6 Å². The van der Waals surface area contributed by atoms with Gasteiger partial charge in [-0.1, -0.05) is 11.8 Å². The Morgan fingerprint density at radius 2 is 2.10 bits per heavy atom. The second-order valence-electron chi connectivity index (χ2n) is 5.34. The molecule has 0 aromatic carbocycles. The zero-order valence-corrected chi connectivity index (χ0v) is 12.4. The van der Waals surface area contributed by atoms with E-state index in [0.29, 0.717) is 5.75 Å². The van der Waals surface area contributed by atoms with Gasteiger partial charge >= 0.3 is 6.03 Å². The van der Waals surface area contributed by atoms with Crippen LogP contribution in [0.4, 0.5) is 4.79 Å². The summed E-state index contributed by atoms with van der Waals surface area (Å²) in [5, 5.41) is 5.44. The largest absolute Gasteiger partial charge is 0.479 e. The van der Waals surface area contributed by atoms with Crippen LogP contribution in [0.25, 0.3) is 0 Å². The second kappa shape index (κ2) is 7.39. The third kappa shape index (κ3) is 7.27. The molecule has 20 heavy (non-hydrogen) atoms. The Kier molecular flexibility index (Phi) is 5.85. The summed E-state index contributed by atoms with van der Waals surface area (Å²) in [6.45, 7) is 8.23. The van der Waals surface area contributed by atoms with Crippen molar-refractivity contribution in [3.63, 3.8) is 0 Å². The van der Waals surface area contributed by atoms with Crippen molar-refractivity contribution in [3.8, 4) is 17.6 Å². The molecule has 0 unspecified atom stereocenters. The summed E-state index contributed by atoms with van der Waals surface area (Å²) in [5.41, 5.74) is 0.691. The normalized spacial score (nSPS) is 10.2. The summed E-state index contributed by atoms with van der Waals surface area (Å²) >= 11 is 0. The molecule has 0 saturated carbocycles. The number of aromatic nitrogens is 1. The minimum Gasteiger partial charge on any atom is -0.479 e. The Hall–Kier alpha value is -2.22. The molecule has 1 rings (SSSR count). The van der Waals surface area contributed by atoms with Gasteiger partial charge in [0.15, 0.2) is 0 Å². The number of amides is 2. The second-order valence-corrected chi connectivity index (χ2v) is 5.34. The van der Waals surface area contributed by atoms with Crippen LogP contribution in [0.2, 0.25) is 0 Å². The number of carbonyl (C=O) groups excluding carboxylic acids is 1.